The Bertz CT molecular complexity index is 1360. The summed E-state index contributed by atoms with van der Waals surface area (Å²) in [6, 6.07) is 12.0. The number of hydrogen-bond donors (Lipinski definition) is 1. The van der Waals surface area contributed by atoms with Crippen LogP contribution in [0.1, 0.15) is 45.6 Å². The predicted octanol–water partition coefficient (Wildman–Crippen LogP) is 6.68. The summed E-state index contributed by atoms with van der Waals surface area (Å²) >= 11 is 3.17. The van der Waals surface area contributed by atoms with Crippen molar-refractivity contribution in [3.8, 4) is 5.75 Å². The van der Waals surface area contributed by atoms with Crippen LogP contribution in [-0.2, 0) is 9.53 Å². The quantitative estimate of drug-likeness (QED) is 0.264. The zero-order chi connectivity index (χ0) is 25.4. The van der Waals surface area contributed by atoms with E-state index in [1.165, 1.54) is 16.9 Å². The van der Waals surface area contributed by atoms with Crippen molar-refractivity contribution in [3.63, 3.8) is 0 Å². The van der Waals surface area contributed by atoms with Gasteiger partial charge < -0.3 is 14.8 Å². The van der Waals surface area contributed by atoms with Gasteiger partial charge in [-0.1, -0.05) is 56.4 Å². The molecule has 3 aromatic rings. The third-order valence-corrected chi connectivity index (χ3v) is 8.50. The van der Waals surface area contributed by atoms with E-state index in [9.17, 15) is 4.79 Å². The molecule has 1 aromatic heterocycles. The normalized spacial score (nSPS) is 19.8. The maximum Gasteiger partial charge on any atom is 0.233 e. The third kappa shape index (κ3) is 5.66. The Labute approximate surface area is 220 Å². The number of aromatic nitrogens is 1. The number of aliphatic imine (C=N–C) groups is 1. The van der Waals surface area contributed by atoms with Gasteiger partial charge in [0.25, 0.3) is 0 Å². The molecule has 0 aliphatic carbocycles. The monoisotopic (exact) mass is 521 g/mol. The van der Waals surface area contributed by atoms with E-state index < -0.39 is 0 Å². The van der Waals surface area contributed by atoms with E-state index in [-0.39, 0.29) is 29.4 Å². The Morgan fingerprint density at radius 2 is 1.97 bits per heavy atom. The summed E-state index contributed by atoms with van der Waals surface area (Å²) in [5.41, 5.74) is 3.56. The minimum Gasteiger partial charge on any atom is -0.497 e. The molecule has 36 heavy (non-hydrogen) atoms. The zero-order valence-corrected chi connectivity index (χ0v) is 22.8. The predicted molar refractivity (Wildman–Crippen MR) is 149 cm³/mol. The summed E-state index contributed by atoms with van der Waals surface area (Å²) in [4.78, 5) is 22.0. The molecular weight excluding hydrogens is 490 g/mol. The van der Waals surface area contributed by atoms with Gasteiger partial charge >= 0.3 is 0 Å². The van der Waals surface area contributed by atoms with Crippen molar-refractivity contribution in [1.29, 1.82) is 0 Å². The summed E-state index contributed by atoms with van der Waals surface area (Å²) in [5.74, 6) is 1.21. The maximum atomic E-state index is 12.9. The molecular formula is C28H31N3O3S2. The Balaban J connectivity index is 1.17. The average Bonchev–Trinajstić information content (AvgIpc) is 3.55. The first-order valence-electron chi connectivity index (χ1n) is 12.1. The number of rotatable bonds is 8. The molecule has 188 valence electrons. The number of carbonyl (C=O) groups is 1. The van der Waals surface area contributed by atoms with Crippen LogP contribution in [-0.4, -0.2) is 41.7 Å². The lowest BCUT2D eigenvalue weighted by atomic mass is 9.86. The van der Waals surface area contributed by atoms with Gasteiger partial charge in [0.05, 0.1) is 29.1 Å². The minimum absolute atomic E-state index is 0.0730. The van der Waals surface area contributed by atoms with Crippen LogP contribution in [0.25, 0.3) is 10.8 Å². The number of ether oxygens (including phenoxy) is 2. The number of carbonyl (C=O) groups excluding carboxylic acids is 1. The van der Waals surface area contributed by atoms with Crippen LogP contribution in [0, 0.1) is 5.41 Å². The van der Waals surface area contributed by atoms with E-state index in [2.05, 4.69) is 37.1 Å². The minimum atomic E-state index is -0.300. The van der Waals surface area contributed by atoms with Crippen molar-refractivity contribution in [1.82, 2.24) is 4.98 Å². The van der Waals surface area contributed by atoms with Crippen molar-refractivity contribution in [2.75, 3.05) is 18.2 Å². The largest absolute Gasteiger partial charge is 0.497 e. The third-order valence-electron chi connectivity index (χ3n) is 6.36. The summed E-state index contributed by atoms with van der Waals surface area (Å²) in [7, 11) is 1.66. The molecule has 5 rings (SSSR count). The SMILES string of the molecule is COc1ccc2cc([C@H](C)C(=O)Nc3ncc(SCC4=NC=C(CC(C)(C)C)C5OC45)s3)ccc2c1. The molecule has 6 nitrogen and oxygen atoms in total. The number of epoxide rings is 1. The van der Waals surface area contributed by atoms with E-state index >= 15 is 0 Å². The zero-order valence-electron chi connectivity index (χ0n) is 21.2. The van der Waals surface area contributed by atoms with Crippen molar-refractivity contribution in [2.24, 2.45) is 10.4 Å². The van der Waals surface area contributed by atoms with Crippen LogP contribution in [0.5, 0.6) is 5.75 Å². The Hall–Kier alpha value is -2.68. The number of methoxy groups -OCH3 is 1. The van der Waals surface area contributed by atoms with Gasteiger partial charge in [-0.2, -0.15) is 0 Å². The molecule has 2 aliphatic rings. The van der Waals surface area contributed by atoms with Gasteiger partial charge in [0.2, 0.25) is 5.91 Å². The molecule has 8 heteroatoms. The summed E-state index contributed by atoms with van der Waals surface area (Å²) in [6.45, 7) is 8.63. The number of amides is 1. The summed E-state index contributed by atoms with van der Waals surface area (Å²) < 4.78 is 12.3. The van der Waals surface area contributed by atoms with Crippen LogP contribution in [0.4, 0.5) is 5.13 Å². The molecule has 1 amide bonds. The van der Waals surface area contributed by atoms with Crippen molar-refractivity contribution in [3.05, 3.63) is 59.9 Å². The van der Waals surface area contributed by atoms with Crippen LogP contribution >= 0.6 is 23.1 Å². The summed E-state index contributed by atoms with van der Waals surface area (Å²) in [5, 5.41) is 5.75. The molecule has 3 atom stereocenters. The second kappa shape index (κ2) is 10.00. The number of anilines is 1. The van der Waals surface area contributed by atoms with E-state index in [0.717, 1.165) is 44.2 Å². The van der Waals surface area contributed by atoms with Gasteiger partial charge in [-0.25, -0.2) is 4.98 Å². The topological polar surface area (TPSA) is 76.1 Å². The highest BCUT2D eigenvalue weighted by Crippen LogP contribution is 2.41. The van der Waals surface area contributed by atoms with Gasteiger partial charge in [-0.3, -0.25) is 9.79 Å². The Morgan fingerprint density at radius 3 is 2.75 bits per heavy atom. The lowest BCUT2D eigenvalue weighted by Crippen LogP contribution is -2.19. The highest BCUT2D eigenvalue weighted by Gasteiger charge is 2.47. The second-order valence-corrected chi connectivity index (χ2v) is 12.8. The molecule has 0 saturated carbocycles. The van der Waals surface area contributed by atoms with Crippen LogP contribution in [0.3, 0.4) is 0 Å². The first-order valence-corrected chi connectivity index (χ1v) is 13.9. The number of fused-ring (bicyclic) bond motifs is 2. The number of benzene rings is 2. The fraction of sp³-hybridized carbons (Fsp3) is 0.393. The lowest BCUT2D eigenvalue weighted by Gasteiger charge is -2.20. The van der Waals surface area contributed by atoms with Gasteiger partial charge in [0, 0.05) is 12.0 Å². The van der Waals surface area contributed by atoms with Crippen LogP contribution in [0.15, 0.2) is 63.6 Å². The molecule has 1 fully saturated rings. The molecule has 0 radical (unpaired) electrons. The first-order chi connectivity index (χ1) is 17.2. The van der Waals surface area contributed by atoms with Gasteiger partial charge in [0.15, 0.2) is 5.13 Å². The van der Waals surface area contributed by atoms with E-state index in [4.69, 9.17) is 14.5 Å². The van der Waals surface area contributed by atoms with Crippen molar-refractivity contribution < 1.29 is 14.3 Å². The number of thioether (sulfide) groups is 1. The standard InChI is InChI=1S/C28H31N3O3S2/c1-16(17-6-7-19-11-21(33-5)9-8-18(19)10-17)26(32)31-27-30-14-23(36-27)35-15-22-25-24(34-25)20(13-29-22)12-28(2,3)4/h6-11,13-14,16,24-25H,12,15H2,1-5H3,(H,30,31,32)/t16-,24?,25?/m0/s1. The molecule has 0 bridgehead atoms. The fourth-order valence-corrected chi connectivity index (χ4v) is 6.23. The number of thiazole rings is 1. The van der Waals surface area contributed by atoms with Crippen LogP contribution < -0.4 is 10.1 Å². The first kappa shape index (κ1) is 25.0. The number of nitrogens with zero attached hydrogens (tertiary/aromatic N) is 2. The molecule has 0 spiro atoms. The van der Waals surface area contributed by atoms with Crippen LogP contribution in [0.2, 0.25) is 0 Å². The molecule has 1 N–H and O–H groups in total. The molecule has 3 heterocycles. The molecule has 2 aliphatic heterocycles. The Morgan fingerprint density at radius 1 is 1.19 bits per heavy atom. The highest BCUT2D eigenvalue weighted by atomic mass is 32.2. The highest BCUT2D eigenvalue weighted by molar-refractivity contribution is 8.01. The van der Waals surface area contributed by atoms with Crippen molar-refractivity contribution >= 4 is 50.6 Å². The number of hydrogen-bond acceptors (Lipinski definition) is 7. The van der Waals surface area contributed by atoms with E-state index in [0.29, 0.717) is 5.13 Å². The van der Waals surface area contributed by atoms with Gasteiger partial charge in [-0.15, -0.1) is 11.8 Å². The van der Waals surface area contributed by atoms with Gasteiger partial charge in [0.1, 0.15) is 18.0 Å². The fourth-order valence-electron chi connectivity index (χ4n) is 4.37. The smallest absolute Gasteiger partial charge is 0.233 e. The Kier molecular flexibility index (Phi) is 6.94. The second-order valence-electron chi connectivity index (χ2n) is 10.5. The molecule has 1 saturated heterocycles. The molecule has 2 unspecified atom stereocenters. The maximum absolute atomic E-state index is 12.9. The van der Waals surface area contributed by atoms with E-state index in [1.54, 1.807) is 18.9 Å². The summed E-state index contributed by atoms with van der Waals surface area (Å²) in [6.07, 6.45) is 5.14. The molecule has 2 aromatic carbocycles. The van der Waals surface area contributed by atoms with Crippen molar-refractivity contribution in [2.45, 2.75) is 56.5 Å². The average molecular weight is 522 g/mol. The van der Waals surface area contributed by atoms with E-state index in [1.807, 2.05) is 49.7 Å². The van der Waals surface area contributed by atoms with Gasteiger partial charge in [-0.05, 0) is 52.8 Å². The number of nitrogens with one attached hydrogen (secondary N) is 1. The lowest BCUT2D eigenvalue weighted by molar-refractivity contribution is -0.117.